The van der Waals surface area contributed by atoms with Crippen molar-refractivity contribution in [3.63, 3.8) is 0 Å². The van der Waals surface area contributed by atoms with Crippen molar-refractivity contribution in [2.24, 2.45) is 0 Å². The summed E-state index contributed by atoms with van der Waals surface area (Å²) in [5.74, 6) is 1.65. The highest BCUT2D eigenvalue weighted by Crippen LogP contribution is 2.30. The first-order chi connectivity index (χ1) is 12.2. The van der Waals surface area contributed by atoms with Gasteiger partial charge in [0.05, 0.1) is 13.2 Å². The van der Waals surface area contributed by atoms with Gasteiger partial charge in [0.2, 0.25) is 4.77 Å². The van der Waals surface area contributed by atoms with Crippen molar-refractivity contribution in [1.82, 2.24) is 15.2 Å². The normalized spacial score (nSPS) is 10.5. The van der Waals surface area contributed by atoms with E-state index in [-0.39, 0.29) is 0 Å². The quantitative estimate of drug-likeness (QED) is 0.653. The molecule has 3 aromatic rings. The second-order valence-electron chi connectivity index (χ2n) is 5.25. The van der Waals surface area contributed by atoms with Crippen LogP contribution in [-0.4, -0.2) is 28.4 Å². The molecule has 1 N–H and O–H groups in total. The summed E-state index contributed by atoms with van der Waals surface area (Å²) in [4.78, 5) is 4.48. The maximum atomic E-state index is 5.49. The Hall–Kier alpha value is -2.73. The van der Waals surface area contributed by atoms with Crippen LogP contribution in [0.1, 0.15) is 13.8 Å². The number of hydrogen-bond donors (Lipinski definition) is 1. The summed E-state index contributed by atoms with van der Waals surface area (Å²) in [7, 11) is 0. The molecule has 0 fully saturated rings. The Morgan fingerprint density at radius 1 is 0.800 bits per heavy atom. The Morgan fingerprint density at radius 3 is 1.76 bits per heavy atom. The van der Waals surface area contributed by atoms with E-state index in [1.54, 1.807) is 0 Å². The van der Waals surface area contributed by atoms with Gasteiger partial charge in [-0.25, -0.2) is 4.98 Å². The summed E-state index contributed by atoms with van der Waals surface area (Å²) in [5.41, 5.74) is 3.34. The van der Waals surface area contributed by atoms with Crippen LogP contribution in [0.3, 0.4) is 0 Å². The number of aromatic nitrogens is 3. The second-order valence-corrected chi connectivity index (χ2v) is 5.64. The van der Waals surface area contributed by atoms with Crippen LogP contribution in [-0.2, 0) is 0 Å². The van der Waals surface area contributed by atoms with Gasteiger partial charge in [-0.15, -0.1) is 0 Å². The average Bonchev–Trinajstić information content (AvgIpc) is 2.64. The Kier molecular flexibility index (Phi) is 5.40. The largest absolute Gasteiger partial charge is 0.494 e. The van der Waals surface area contributed by atoms with Crippen molar-refractivity contribution in [3.8, 4) is 34.0 Å². The molecule has 25 heavy (non-hydrogen) atoms. The van der Waals surface area contributed by atoms with Crippen molar-refractivity contribution >= 4 is 12.2 Å². The lowest BCUT2D eigenvalue weighted by atomic mass is 10.0. The Morgan fingerprint density at radius 2 is 1.28 bits per heavy atom. The lowest BCUT2D eigenvalue weighted by Gasteiger charge is -2.10. The summed E-state index contributed by atoms with van der Waals surface area (Å²) in [6, 6.07) is 15.5. The zero-order valence-corrected chi connectivity index (χ0v) is 15.0. The van der Waals surface area contributed by atoms with E-state index in [9.17, 15) is 0 Å². The van der Waals surface area contributed by atoms with Gasteiger partial charge in [0.15, 0.2) is 0 Å². The monoisotopic (exact) mass is 353 g/mol. The van der Waals surface area contributed by atoms with E-state index in [0.717, 1.165) is 34.0 Å². The predicted octanol–water partition coefficient (Wildman–Crippen LogP) is 4.67. The number of aromatic amines is 1. The molecular weight excluding hydrogens is 334 g/mol. The van der Waals surface area contributed by atoms with E-state index in [1.807, 2.05) is 62.4 Å². The van der Waals surface area contributed by atoms with Crippen LogP contribution in [0.4, 0.5) is 0 Å². The summed E-state index contributed by atoms with van der Waals surface area (Å²) < 4.78 is 11.3. The lowest BCUT2D eigenvalue weighted by Crippen LogP contribution is -1.98. The van der Waals surface area contributed by atoms with Crippen LogP contribution in [0.15, 0.2) is 48.5 Å². The maximum absolute atomic E-state index is 5.49. The molecule has 0 bridgehead atoms. The minimum absolute atomic E-state index is 0.346. The molecule has 3 rings (SSSR count). The van der Waals surface area contributed by atoms with Gasteiger partial charge >= 0.3 is 0 Å². The zero-order chi connectivity index (χ0) is 17.6. The molecule has 1 aromatic heterocycles. The summed E-state index contributed by atoms with van der Waals surface area (Å²) in [5, 5.41) is 7.17. The lowest BCUT2D eigenvalue weighted by molar-refractivity contribution is 0.340. The molecule has 0 saturated heterocycles. The standard InChI is InChI=1S/C19H19N3O2S/c1-3-23-15-9-5-13(6-10-15)17-18(21-22-19(25)20-17)14-7-11-16(12-8-14)24-4-2/h5-12H,3-4H2,1-2H3,(H,20,22,25). The molecular formula is C19H19N3O2S. The maximum Gasteiger partial charge on any atom is 0.214 e. The van der Waals surface area contributed by atoms with Crippen molar-refractivity contribution in [1.29, 1.82) is 0 Å². The Balaban J connectivity index is 2.02. The topological polar surface area (TPSA) is 60.0 Å². The third-order valence-electron chi connectivity index (χ3n) is 3.58. The molecule has 128 valence electrons. The first-order valence-electron chi connectivity index (χ1n) is 8.14. The minimum atomic E-state index is 0.346. The molecule has 2 aromatic carbocycles. The number of hydrogen-bond acceptors (Lipinski definition) is 5. The van der Waals surface area contributed by atoms with Crippen molar-refractivity contribution in [3.05, 3.63) is 53.3 Å². The van der Waals surface area contributed by atoms with Gasteiger partial charge in [-0.05, 0) is 74.6 Å². The highest BCUT2D eigenvalue weighted by atomic mass is 32.1. The van der Waals surface area contributed by atoms with E-state index >= 15 is 0 Å². The van der Waals surface area contributed by atoms with Crippen molar-refractivity contribution in [2.45, 2.75) is 13.8 Å². The van der Waals surface area contributed by atoms with E-state index in [0.29, 0.717) is 18.0 Å². The van der Waals surface area contributed by atoms with E-state index in [1.165, 1.54) is 0 Å². The summed E-state index contributed by atoms with van der Waals surface area (Å²) in [6.45, 7) is 5.18. The van der Waals surface area contributed by atoms with E-state index in [4.69, 9.17) is 21.7 Å². The fourth-order valence-corrected chi connectivity index (χ4v) is 2.63. The molecule has 0 radical (unpaired) electrons. The average molecular weight is 353 g/mol. The van der Waals surface area contributed by atoms with Crippen LogP contribution in [0.2, 0.25) is 0 Å². The van der Waals surface area contributed by atoms with Gasteiger partial charge < -0.3 is 9.47 Å². The molecule has 5 nitrogen and oxygen atoms in total. The summed E-state index contributed by atoms with van der Waals surface area (Å²) >= 11 is 5.16. The molecule has 1 heterocycles. The molecule has 0 saturated carbocycles. The van der Waals surface area contributed by atoms with E-state index < -0.39 is 0 Å². The van der Waals surface area contributed by atoms with Crippen molar-refractivity contribution < 1.29 is 9.47 Å². The van der Waals surface area contributed by atoms with Crippen LogP contribution < -0.4 is 9.47 Å². The van der Waals surface area contributed by atoms with Gasteiger partial charge in [0.25, 0.3) is 0 Å². The van der Waals surface area contributed by atoms with Crippen LogP contribution in [0.5, 0.6) is 11.5 Å². The Labute approximate surface area is 151 Å². The van der Waals surface area contributed by atoms with Crippen LogP contribution in [0, 0.1) is 4.77 Å². The van der Waals surface area contributed by atoms with Crippen LogP contribution in [0.25, 0.3) is 22.5 Å². The highest BCUT2D eigenvalue weighted by Gasteiger charge is 2.12. The molecule has 0 atom stereocenters. The second kappa shape index (κ2) is 7.90. The van der Waals surface area contributed by atoms with Crippen LogP contribution >= 0.6 is 12.2 Å². The van der Waals surface area contributed by atoms with E-state index in [2.05, 4.69) is 15.2 Å². The van der Waals surface area contributed by atoms with Gasteiger partial charge in [-0.1, -0.05) is 0 Å². The number of nitrogens with zero attached hydrogens (tertiary/aromatic N) is 2. The molecule has 0 spiro atoms. The first-order valence-corrected chi connectivity index (χ1v) is 8.55. The minimum Gasteiger partial charge on any atom is -0.494 e. The predicted molar refractivity (Wildman–Crippen MR) is 100 cm³/mol. The molecule has 0 amide bonds. The number of ether oxygens (including phenoxy) is 2. The number of nitrogens with one attached hydrogen (secondary N) is 1. The first kappa shape index (κ1) is 17.1. The van der Waals surface area contributed by atoms with Gasteiger partial charge in [0, 0.05) is 11.1 Å². The summed E-state index contributed by atoms with van der Waals surface area (Å²) in [6.07, 6.45) is 0. The molecule has 0 aliphatic heterocycles. The molecule has 0 aliphatic carbocycles. The zero-order valence-electron chi connectivity index (χ0n) is 14.2. The number of rotatable bonds is 6. The van der Waals surface area contributed by atoms with Gasteiger partial charge in [-0.2, -0.15) is 5.10 Å². The Bertz CT molecular complexity index is 890. The molecule has 6 heteroatoms. The number of H-pyrrole nitrogens is 1. The third-order valence-corrected chi connectivity index (χ3v) is 3.76. The number of benzene rings is 2. The van der Waals surface area contributed by atoms with Gasteiger partial charge in [0.1, 0.15) is 22.9 Å². The molecule has 0 aliphatic rings. The van der Waals surface area contributed by atoms with Crippen molar-refractivity contribution in [2.75, 3.05) is 13.2 Å². The smallest absolute Gasteiger partial charge is 0.214 e. The highest BCUT2D eigenvalue weighted by molar-refractivity contribution is 7.71. The third kappa shape index (κ3) is 4.03. The molecule has 0 unspecified atom stereocenters. The fourth-order valence-electron chi connectivity index (χ4n) is 2.49. The van der Waals surface area contributed by atoms with Gasteiger partial charge in [-0.3, -0.25) is 5.10 Å². The fraction of sp³-hybridized carbons (Fsp3) is 0.211. The SMILES string of the molecule is CCOc1ccc(-c2n[nH]c(=S)nc2-c2ccc(OCC)cc2)cc1.